The third-order valence-electron chi connectivity index (χ3n) is 1.07. The van der Waals surface area contributed by atoms with Crippen LogP contribution in [0.4, 0.5) is 0 Å². The number of thiocarbonyl (C=S) groups is 1. The predicted molar refractivity (Wildman–Crippen MR) is 60.1 cm³/mol. The topological polar surface area (TPSA) is 81.6 Å². The van der Waals surface area contributed by atoms with Crippen LogP contribution >= 0.6 is 30.4 Å². The second-order valence-corrected chi connectivity index (χ2v) is 6.23. The van der Waals surface area contributed by atoms with E-state index in [1.807, 2.05) is 0 Å². The zero-order valence-corrected chi connectivity index (χ0v) is 10.5. The van der Waals surface area contributed by atoms with E-state index in [0.29, 0.717) is 23.7 Å². The summed E-state index contributed by atoms with van der Waals surface area (Å²) in [5.41, 5.74) is 1.44. The minimum absolute atomic E-state index is 0. The van der Waals surface area contributed by atoms with Crippen molar-refractivity contribution in [1.82, 2.24) is 10.6 Å². The van der Waals surface area contributed by atoms with Crippen LogP contribution in [0.25, 0.3) is 0 Å². The van der Waals surface area contributed by atoms with Crippen molar-refractivity contribution in [1.29, 1.82) is 0 Å². The van der Waals surface area contributed by atoms with Crippen LogP contribution in [0.1, 0.15) is 1.43 Å². The van der Waals surface area contributed by atoms with E-state index >= 15 is 0 Å². The molecule has 0 saturated heterocycles. The van der Waals surface area contributed by atoms with E-state index in [2.05, 4.69) is 22.9 Å². The zero-order valence-electron chi connectivity index (χ0n) is 8.97. The fourth-order valence-corrected chi connectivity index (χ4v) is 2.16. The Hall–Kier alpha value is 0.947. The van der Waals surface area contributed by atoms with Crippen molar-refractivity contribution < 1.29 is 34.6 Å². The average molecular weight is 252 g/mol. The molecule has 0 atom stereocenters. The van der Waals surface area contributed by atoms with Crippen LogP contribution in [0.3, 0.4) is 0 Å². The van der Waals surface area contributed by atoms with Gasteiger partial charge in [0.15, 0.2) is 0 Å². The summed E-state index contributed by atoms with van der Waals surface area (Å²) < 4.78 is 10.4. The Kier molecular flexibility index (Phi) is 13.0. The molecule has 0 bridgehead atoms. The Balaban J connectivity index is -0.000000720. The van der Waals surface area contributed by atoms with Crippen molar-refractivity contribution in [2.45, 2.75) is 0 Å². The van der Waals surface area contributed by atoms with Gasteiger partial charge in [-0.05, 0) is 11.4 Å². The SMILES string of the molecule is O=P(O)(O)SCCNCCNC=S.[H-].[Li+]. The van der Waals surface area contributed by atoms with Crippen LogP contribution in [0.2, 0.25) is 0 Å². The molecule has 0 amide bonds. The monoisotopic (exact) mass is 252 g/mol. The second-order valence-electron chi connectivity index (χ2n) is 2.15. The average Bonchev–Trinajstić information content (AvgIpc) is 2.01. The first-order valence-electron chi connectivity index (χ1n) is 3.64. The summed E-state index contributed by atoms with van der Waals surface area (Å²) in [6, 6.07) is 0. The van der Waals surface area contributed by atoms with Gasteiger partial charge in [-0.3, -0.25) is 0 Å². The molecule has 14 heavy (non-hydrogen) atoms. The van der Waals surface area contributed by atoms with E-state index < -0.39 is 6.80 Å². The molecule has 0 radical (unpaired) electrons. The van der Waals surface area contributed by atoms with Gasteiger partial charge < -0.3 is 21.8 Å². The molecule has 0 aromatic carbocycles. The molecule has 4 N–H and O–H groups in total. The summed E-state index contributed by atoms with van der Waals surface area (Å²) in [7, 11) is 0. The Bertz CT molecular complexity index is 197. The quantitative estimate of drug-likeness (QED) is 0.159. The van der Waals surface area contributed by atoms with Crippen molar-refractivity contribution in [3.05, 3.63) is 0 Å². The van der Waals surface area contributed by atoms with E-state index in [9.17, 15) is 4.57 Å². The van der Waals surface area contributed by atoms with Crippen LogP contribution in [0.5, 0.6) is 0 Å². The maximum absolute atomic E-state index is 10.4. The van der Waals surface area contributed by atoms with E-state index in [-0.39, 0.29) is 20.3 Å². The molecule has 0 aliphatic heterocycles. The van der Waals surface area contributed by atoms with Gasteiger partial charge >= 0.3 is 25.7 Å². The van der Waals surface area contributed by atoms with Crippen LogP contribution in [-0.2, 0) is 4.57 Å². The molecular formula is C5H14LiN2O3PS2. The fraction of sp³-hybridized carbons (Fsp3) is 0.800. The normalized spacial score (nSPS) is 10.4. The maximum atomic E-state index is 10.4. The number of nitrogens with one attached hydrogen (secondary N) is 2. The van der Waals surface area contributed by atoms with Gasteiger partial charge in [0.25, 0.3) is 0 Å². The summed E-state index contributed by atoms with van der Waals surface area (Å²) >= 11 is 5.18. The minimum Gasteiger partial charge on any atom is -1.00 e. The summed E-state index contributed by atoms with van der Waals surface area (Å²) in [5.74, 6) is 0.405. The third kappa shape index (κ3) is 15.4. The van der Waals surface area contributed by atoms with E-state index in [1.165, 1.54) is 5.49 Å². The molecular weight excluding hydrogens is 238 g/mol. The van der Waals surface area contributed by atoms with Gasteiger partial charge in [-0.25, -0.2) is 4.57 Å². The first-order valence-corrected chi connectivity index (χ1v) is 7.31. The smallest absolute Gasteiger partial charge is 1.00 e. The standard InChI is InChI=1S/C5H13N2O3PS2.Li.H/c8-11(9,10)13-4-3-6-1-2-7-5-12;;/h5-6H,1-4H2,(H,7,12)(H2,8,9,10);;/q;+1;-1. The molecule has 0 rings (SSSR count). The van der Waals surface area contributed by atoms with Gasteiger partial charge in [0.2, 0.25) is 0 Å². The van der Waals surface area contributed by atoms with Gasteiger partial charge in [-0.15, -0.1) is 0 Å². The van der Waals surface area contributed by atoms with Crippen LogP contribution in [-0.4, -0.2) is 40.7 Å². The number of hydrogen-bond acceptors (Lipinski definition) is 4. The summed E-state index contributed by atoms with van der Waals surface area (Å²) in [6.45, 7) is -1.85. The van der Waals surface area contributed by atoms with E-state index in [4.69, 9.17) is 9.79 Å². The molecule has 0 fully saturated rings. The Morgan fingerprint density at radius 2 is 2.07 bits per heavy atom. The van der Waals surface area contributed by atoms with Crippen molar-refractivity contribution in [2.24, 2.45) is 0 Å². The van der Waals surface area contributed by atoms with Crippen molar-refractivity contribution in [3.8, 4) is 0 Å². The molecule has 0 aliphatic rings. The molecule has 80 valence electrons. The molecule has 9 heteroatoms. The minimum atomic E-state index is -3.89. The zero-order chi connectivity index (χ0) is 10.2. The summed E-state index contributed by atoms with van der Waals surface area (Å²) in [5, 5.41) is 5.82. The third-order valence-corrected chi connectivity index (χ3v) is 3.51. The van der Waals surface area contributed by atoms with Crippen molar-refractivity contribution in [2.75, 3.05) is 25.4 Å². The predicted octanol–water partition coefficient (Wildman–Crippen LogP) is -2.93. The number of hydrogen-bond donors (Lipinski definition) is 4. The van der Waals surface area contributed by atoms with Crippen molar-refractivity contribution >= 4 is 35.9 Å². The van der Waals surface area contributed by atoms with Crippen LogP contribution in [0.15, 0.2) is 0 Å². The van der Waals surface area contributed by atoms with Crippen molar-refractivity contribution in [3.63, 3.8) is 0 Å². The Morgan fingerprint density at radius 3 is 2.57 bits per heavy atom. The molecule has 0 saturated carbocycles. The first-order chi connectivity index (χ1) is 6.06. The Labute approximate surface area is 106 Å². The summed E-state index contributed by atoms with van der Waals surface area (Å²) in [6.07, 6.45) is 0. The maximum Gasteiger partial charge on any atom is 1.00 e. The van der Waals surface area contributed by atoms with Gasteiger partial charge in [-0.1, -0.05) is 12.2 Å². The molecule has 5 nitrogen and oxygen atoms in total. The van der Waals surface area contributed by atoms with Gasteiger partial charge in [0.05, 0.1) is 5.49 Å². The van der Waals surface area contributed by atoms with E-state index in [1.54, 1.807) is 0 Å². The molecule has 0 aliphatic carbocycles. The fourth-order valence-electron chi connectivity index (χ4n) is 0.581. The molecule has 0 spiro atoms. The summed E-state index contributed by atoms with van der Waals surface area (Å²) in [4.78, 5) is 16.9. The van der Waals surface area contributed by atoms with Gasteiger partial charge in [-0.2, -0.15) is 0 Å². The molecule has 0 aromatic heterocycles. The Morgan fingerprint density at radius 1 is 1.43 bits per heavy atom. The first kappa shape index (κ1) is 17.3. The van der Waals surface area contributed by atoms with Crippen LogP contribution < -0.4 is 29.5 Å². The largest absolute Gasteiger partial charge is 1.00 e. The molecule has 0 heterocycles. The van der Waals surface area contributed by atoms with Crippen LogP contribution in [0, 0.1) is 0 Å². The number of rotatable bonds is 8. The second kappa shape index (κ2) is 10.5. The molecule has 0 aromatic rings. The molecule has 0 unspecified atom stereocenters. The van der Waals surface area contributed by atoms with E-state index in [0.717, 1.165) is 13.1 Å². The van der Waals surface area contributed by atoms with Gasteiger partial charge in [0.1, 0.15) is 0 Å². The van der Waals surface area contributed by atoms with Gasteiger partial charge in [0, 0.05) is 25.4 Å².